The predicted octanol–water partition coefficient (Wildman–Crippen LogP) is 2.11. The monoisotopic (exact) mass is 296 g/mol. The van der Waals surface area contributed by atoms with Gasteiger partial charge in [0.05, 0.1) is 11.7 Å². The fourth-order valence-corrected chi connectivity index (χ4v) is 2.28. The maximum absolute atomic E-state index is 11.2. The van der Waals surface area contributed by atoms with Gasteiger partial charge in [0.1, 0.15) is 6.61 Å². The first-order valence-electron chi connectivity index (χ1n) is 6.92. The Hall–Kier alpha value is -2.86. The molecule has 0 aliphatic heterocycles. The maximum atomic E-state index is 11.2. The van der Waals surface area contributed by atoms with Gasteiger partial charge in [-0.05, 0) is 23.8 Å². The van der Waals surface area contributed by atoms with Gasteiger partial charge in [-0.2, -0.15) is 5.10 Å². The first-order valence-corrected chi connectivity index (χ1v) is 6.92. The number of aromatic nitrogens is 2. The number of aliphatic hydroxyl groups is 1. The molecule has 0 aliphatic rings. The second-order valence-electron chi connectivity index (χ2n) is 4.89. The molecule has 3 rings (SSSR count). The lowest BCUT2D eigenvalue weighted by atomic mass is 10.1. The van der Waals surface area contributed by atoms with E-state index in [0.29, 0.717) is 12.2 Å². The third kappa shape index (κ3) is 3.07. The molecule has 0 spiro atoms. The van der Waals surface area contributed by atoms with Crippen molar-refractivity contribution in [1.29, 1.82) is 0 Å². The number of para-hydroxylation sites is 1. The van der Waals surface area contributed by atoms with Crippen LogP contribution in [0.1, 0.15) is 5.56 Å². The largest absolute Gasteiger partial charge is 0.387 e. The number of nitrogens with one attached hydrogen (secondary N) is 3. The van der Waals surface area contributed by atoms with Gasteiger partial charge in [0.2, 0.25) is 5.91 Å². The molecule has 0 saturated carbocycles. The predicted molar refractivity (Wildman–Crippen MR) is 85.6 cm³/mol. The van der Waals surface area contributed by atoms with Crippen molar-refractivity contribution in [2.75, 3.05) is 17.2 Å². The number of carbonyl (C=O) groups is 1. The van der Waals surface area contributed by atoms with Crippen molar-refractivity contribution in [2.45, 2.75) is 6.54 Å². The molecule has 112 valence electrons. The van der Waals surface area contributed by atoms with Crippen molar-refractivity contribution >= 4 is 28.2 Å². The molecule has 22 heavy (non-hydrogen) atoms. The normalized spacial score (nSPS) is 10.6. The van der Waals surface area contributed by atoms with Gasteiger partial charge in [0, 0.05) is 23.3 Å². The molecule has 6 heteroatoms. The van der Waals surface area contributed by atoms with Crippen LogP contribution in [0.25, 0.3) is 10.9 Å². The van der Waals surface area contributed by atoms with Gasteiger partial charge >= 0.3 is 0 Å². The van der Waals surface area contributed by atoms with E-state index in [4.69, 9.17) is 5.11 Å². The summed E-state index contributed by atoms with van der Waals surface area (Å²) in [5.41, 5.74) is 3.65. The average molecular weight is 296 g/mol. The van der Waals surface area contributed by atoms with E-state index in [9.17, 15) is 4.79 Å². The SMILES string of the molecule is O=C(CO)Nc1cccc(NCc2cccc3cn[nH]c23)c1. The van der Waals surface area contributed by atoms with Crippen molar-refractivity contribution in [3.63, 3.8) is 0 Å². The summed E-state index contributed by atoms with van der Waals surface area (Å²) < 4.78 is 0. The van der Waals surface area contributed by atoms with Crippen molar-refractivity contribution < 1.29 is 9.90 Å². The number of H-pyrrole nitrogens is 1. The van der Waals surface area contributed by atoms with E-state index in [-0.39, 0.29) is 0 Å². The maximum Gasteiger partial charge on any atom is 0.250 e. The minimum absolute atomic E-state index is 0.431. The zero-order valence-electron chi connectivity index (χ0n) is 11.8. The van der Waals surface area contributed by atoms with Crippen molar-refractivity contribution in [3.8, 4) is 0 Å². The fourth-order valence-electron chi connectivity index (χ4n) is 2.28. The third-order valence-corrected chi connectivity index (χ3v) is 3.34. The summed E-state index contributed by atoms with van der Waals surface area (Å²) in [5.74, 6) is -0.431. The molecule has 4 N–H and O–H groups in total. The Bertz CT molecular complexity index is 797. The number of anilines is 2. The number of aromatic amines is 1. The molecular weight excluding hydrogens is 280 g/mol. The number of benzene rings is 2. The highest BCUT2D eigenvalue weighted by atomic mass is 16.3. The highest BCUT2D eigenvalue weighted by molar-refractivity contribution is 5.92. The van der Waals surface area contributed by atoms with Gasteiger partial charge < -0.3 is 15.7 Å². The highest BCUT2D eigenvalue weighted by Gasteiger charge is 2.04. The topological polar surface area (TPSA) is 90.0 Å². The molecule has 0 unspecified atom stereocenters. The molecule has 1 amide bonds. The molecule has 6 nitrogen and oxygen atoms in total. The molecule has 0 saturated heterocycles. The number of carbonyl (C=O) groups excluding carboxylic acids is 1. The number of hydrogen-bond acceptors (Lipinski definition) is 4. The second kappa shape index (κ2) is 6.28. The Balaban J connectivity index is 1.72. The van der Waals surface area contributed by atoms with Crippen LogP contribution < -0.4 is 10.6 Å². The van der Waals surface area contributed by atoms with E-state index in [1.54, 1.807) is 12.3 Å². The standard InChI is InChI=1S/C16H16N4O2/c21-10-15(22)19-14-6-2-5-13(7-14)17-8-11-3-1-4-12-9-18-20-16(11)12/h1-7,9,17,21H,8,10H2,(H,18,20)(H,19,22). The number of hydrogen-bond donors (Lipinski definition) is 4. The fraction of sp³-hybridized carbons (Fsp3) is 0.125. The molecule has 0 fully saturated rings. The lowest BCUT2D eigenvalue weighted by molar-refractivity contribution is -0.118. The summed E-state index contributed by atoms with van der Waals surface area (Å²) in [7, 11) is 0. The lowest BCUT2D eigenvalue weighted by Gasteiger charge is -2.09. The summed E-state index contributed by atoms with van der Waals surface area (Å²) >= 11 is 0. The minimum atomic E-state index is -0.528. The summed E-state index contributed by atoms with van der Waals surface area (Å²) in [6, 6.07) is 13.4. The second-order valence-corrected chi connectivity index (χ2v) is 4.89. The molecule has 3 aromatic rings. The molecule has 0 atom stereocenters. The van der Waals surface area contributed by atoms with E-state index < -0.39 is 12.5 Å². The highest BCUT2D eigenvalue weighted by Crippen LogP contribution is 2.19. The zero-order valence-corrected chi connectivity index (χ0v) is 11.8. The van der Waals surface area contributed by atoms with Gasteiger partial charge in [-0.15, -0.1) is 0 Å². The van der Waals surface area contributed by atoms with E-state index in [1.165, 1.54) is 0 Å². The quantitative estimate of drug-likeness (QED) is 0.580. The van der Waals surface area contributed by atoms with E-state index >= 15 is 0 Å². The molecule has 1 heterocycles. The molecule has 0 aliphatic carbocycles. The summed E-state index contributed by atoms with van der Waals surface area (Å²) in [5, 5.41) is 22.8. The summed E-state index contributed by atoms with van der Waals surface area (Å²) in [4.78, 5) is 11.2. The van der Waals surface area contributed by atoms with Crippen LogP contribution in [0.2, 0.25) is 0 Å². The number of nitrogens with zero attached hydrogens (tertiary/aromatic N) is 1. The smallest absolute Gasteiger partial charge is 0.250 e. The molecular formula is C16H16N4O2. The van der Waals surface area contributed by atoms with Crippen LogP contribution >= 0.6 is 0 Å². The zero-order chi connectivity index (χ0) is 15.4. The Morgan fingerprint density at radius 1 is 1.18 bits per heavy atom. The number of rotatable bonds is 5. The van der Waals surface area contributed by atoms with Crippen LogP contribution in [-0.4, -0.2) is 27.8 Å². The van der Waals surface area contributed by atoms with Crippen LogP contribution in [0.4, 0.5) is 11.4 Å². The molecule has 1 aromatic heterocycles. The molecule has 2 aromatic carbocycles. The minimum Gasteiger partial charge on any atom is -0.387 e. The van der Waals surface area contributed by atoms with Crippen LogP contribution in [0.15, 0.2) is 48.7 Å². The van der Waals surface area contributed by atoms with Crippen LogP contribution in [-0.2, 0) is 11.3 Å². The summed E-state index contributed by atoms with van der Waals surface area (Å²) in [6.07, 6.45) is 1.80. The third-order valence-electron chi connectivity index (χ3n) is 3.34. The van der Waals surface area contributed by atoms with Gasteiger partial charge in [-0.3, -0.25) is 9.89 Å². The van der Waals surface area contributed by atoms with Gasteiger partial charge in [-0.25, -0.2) is 0 Å². The van der Waals surface area contributed by atoms with E-state index in [0.717, 1.165) is 22.2 Å². The Morgan fingerprint density at radius 3 is 2.86 bits per heavy atom. The lowest BCUT2D eigenvalue weighted by Crippen LogP contribution is -2.15. The van der Waals surface area contributed by atoms with Crippen molar-refractivity contribution in [3.05, 3.63) is 54.2 Å². The number of fused-ring (bicyclic) bond motifs is 1. The van der Waals surface area contributed by atoms with Gasteiger partial charge in [-0.1, -0.05) is 24.3 Å². The molecule has 0 radical (unpaired) electrons. The van der Waals surface area contributed by atoms with Gasteiger partial charge in [0.15, 0.2) is 0 Å². The van der Waals surface area contributed by atoms with Crippen molar-refractivity contribution in [2.24, 2.45) is 0 Å². The first-order chi connectivity index (χ1) is 10.8. The van der Waals surface area contributed by atoms with Crippen LogP contribution in [0, 0.1) is 0 Å². The van der Waals surface area contributed by atoms with E-state index in [1.807, 2.05) is 36.4 Å². The number of aliphatic hydroxyl groups excluding tert-OH is 1. The number of amides is 1. The first kappa shape index (κ1) is 14.1. The average Bonchev–Trinajstić information content (AvgIpc) is 3.02. The van der Waals surface area contributed by atoms with Gasteiger partial charge in [0.25, 0.3) is 0 Å². The Morgan fingerprint density at radius 2 is 2.00 bits per heavy atom. The Kier molecular flexibility index (Phi) is 4.02. The Labute approximate surface area is 127 Å². The molecule has 0 bridgehead atoms. The van der Waals surface area contributed by atoms with Crippen LogP contribution in [0.3, 0.4) is 0 Å². The van der Waals surface area contributed by atoms with Crippen molar-refractivity contribution in [1.82, 2.24) is 10.2 Å². The van der Waals surface area contributed by atoms with Crippen LogP contribution in [0.5, 0.6) is 0 Å². The summed E-state index contributed by atoms with van der Waals surface area (Å²) in [6.45, 7) is 0.108. The van der Waals surface area contributed by atoms with E-state index in [2.05, 4.69) is 20.8 Å².